The molecule has 0 aliphatic heterocycles. The number of hydrogen-bond acceptors (Lipinski definition) is 11. The number of carbonyl (C=O) groups excluding carboxylic acids is 3. The highest BCUT2D eigenvalue weighted by molar-refractivity contribution is 7.91. The molecule has 0 spiro atoms. The number of nitrogens with zero attached hydrogens (tertiary/aromatic N) is 3. The molecule has 3 aromatic carbocycles. The molecule has 0 aliphatic rings. The van der Waals surface area contributed by atoms with E-state index in [0.717, 1.165) is 34.7 Å². The van der Waals surface area contributed by atoms with E-state index in [0.29, 0.717) is 5.39 Å². The zero-order valence-electron chi connectivity index (χ0n) is 29.0. The van der Waals surface area contributed by atoms with E-state index >= 15 is 4.39 Å². The van der Waals surface area contributed by atoms with Gasteiger partial charge in [-0.3, -0.25) is 14.8 Å². The van der Waals surface area contributed by atoms with Gasteiger partial charge in [-0.2, -0.15) is 13.2 Å². The maximum atomic E-state index is 15.5. The van der Waals surface area contributed by atoms with Crippen molar-refractivity contribution < 1.29 is 54.7 Å². The number of alkyl halides is 3. The predicted octanol–water partition coefficient (Wildman–Crippen LogP) is 5.92. The number of sulfone groups is 1. The molecule has 13 nitrogen and oxygen atoms in total. The summed E-state index contributed by atoms with van der Waals surface area (Å²) in [5.41, 5.74) is -0.692. The van der Waals surface area contributed by atoms with E-state index < -0.39 is 63.8 Å². The maximum Gasteiger partial charge on any atom is 0.493 e. The topological polar surface area (TPSA) is 170 Å². The van der Waals surface area contributed by atoms with Crippen LogP contribution in [0.3, 0.4) is 0 Å². The van der Waals surface area contributed by atoms with Gasteiger partial charge in [0.15, 0.2) is 15.9 Å². The van der Waals surface area contributed by atoms with Crippen LogP contribution in [0.15, 0.2) is 78.0 Å². The van der Waals surface area contributed by atoms with Crippen LogP contribution in [0.25, 0.3) is 10.8 Å². The van der Waals surface area contributed by atoms with Crippen LogP contribution in [0.2, 0.25) is 0 Å². The van der Waals surface area contributed by atoms with Gasteiger partial charge in [0.05, 0.1) is 35.2 Å². The van der Waals surface area contributed by atoms with Crippen LogP contribution < -0.4 is 26.0 Å². The maximum absolute atomic E-state index is 15.5. The van der Waals surface area contributed by atoms with E-state index in [4.69, 9.17) is 15.3 Å². The van der Waals surface area contributed by atoms with Crippen LogP contribution >= 0.6 is 0 Å². The van der Waals surface area contributed by atoms with Gasteiger partial charge in [-0.25, -0.2) is 28.2 Å². The molecule has 2 amide bonds. The Kier molecular flexibility index (Phi) is 12.8. The molecular formula is C35H37F4N5O8S. The van der Waals surface area contributed by atoms with Gasteiger partial charge < -0.3 is 19.6 Å². The Hall–Kier alpha value is -5.49. The minimum atomic E-state index is -5.52. The van der Waals surface area contributed by atoms with E-state index in [-0.39, 0.29) is 51.7 Å². The second-order valence-corrected chi connectivity index (χ2v) is 14.1. The molecule has 1 atom stereocenters. The number of rotatable bonds is 13. The van der Waals surface area contributed by atoms with Crippen molar-refractivity contribution in [1.82, 2.24) is 10.3 Å². The summed E-state index contributed by atoms with van der Waals surface area (Å²) in [5.74, 6) is 1.55. The number of carbonyl (C=O) groups is 3. The highest BCUT2D eigenvalue weighted by atomic mass is 32.2. The summed E-state index contributed by atoms with van der Waals surface area (Å²) in [6.07, 6.45) is -3.86. The van der Waals surface area contributed by atoms with Gasteiger partial charge >= 0.3 is 18.2 Å². The normalized spacial score (nSPS) is 12.3. The van der Waals surface area contributed by atoms with Crippen molar-refractivity contribution in [2.75, 3.05) is 29.0 Å². The van der Waals surface area contributed by atoms with Gasteiger partial charge in [-0.15, -0.1) is 5.06 Å². The molecule has 18 heteroatoms. The number of nitrogens with two attached hydrogens (primary N) is 1. The van der Waals surface area contributed by atoms with E-state index in [2.05, 4.69) is 15.1 Å². The largest absolute Gasteiger partial charge is 0.494 e. The summed E-state index contributed by atoms with van der Waals surface area (Å²) >= 11 is 0. The number of pyridine rings is 1. The lowest BCUT2D eigenvalue weighted by atomic mass is 10.0. The average Bonchev–Trinajstić information content (AvgIpc) is 3.12. The molecule has 0 bridgehead atoms. The number of anilines is 2. The quantitative estimate of drug-likeness (QED) is 0.0941. The zero-order valence-corrected chi connectivity index (χ0v) is 29.8. The van der Waals surface area contributed by atoms with Crippen LogP contribution in [0.4, 0.5) is 33.7 Å². The van der Waals surface area contributed by atoms with Gasteiger partial charge in [0.1, 0.15) is 11.6 Å². The number of fused-ring (bicyclic) bond motifs is 1. The van der Waals surface area contributed by atoms with Gasteiger partial charge in [-0.05, 0) is 78.4 Å². The molecule has 53 heavy (non-hydrogen) atoms. The lowest BCUT2D eigenvalue weighted by Gasteiger charge is -2.29. The van der Waals surface area contributed by atoms with Crippen molar-refractivity contribution >= 4 is 50.0 Å². The molecule has 1 unspecified atom stereocenters. The smallest absolute Gasteiger partial charge is 0.493 e. The molecule has 1 heterocycles. The van der Waals surface area contributed by atoms with Crippen LogP contribution in [0.5, 0.6) is 5.75 Å². The lowest BCUT2D eigenvalue weighted by molar-refractivity contribution is -0.200. The monoisotopic (exact) mass is 763 g/mol. The summed E-state index contributed by atoms with van der Waals surface area (Å²) in [6.45, 7) is 5.66. The molecular weight excluding hydrogens is 726 g/mol. The Morgan fingerprint density at radius 1 is 0.962 bits per heavy atom. The summed E-state index contributed by atoms with van der Waals surface area (Å²) in [6, 6.07) is 11.6. The van der Waals surface area contributed by atoms with Crippen LogP contribution in [0.1, 0.15) is 44.9 Å². The minimum Gasteiger partial charge on any atom is -0.494 e. The lowest BCUT2D eigenvalue weighted by Crippen LogP contribution is -2.45. The second kappa shape index (κ2) is 16.9. The van der Waals surface area contributed by atoms with Crippen molar-refractivity contribution in [3.8, 4) is 5.75 Å². The van der Waals surface area contributed by atoms with Crippen molar-refractivity contribution in [1.29, 1.82) is 0 Å². The highest BCUT2D eigenvalue weighted by Gasteiger charge is 2.44. The van der Waals surface area contributed by atoms with Crippen LogP contribution in [0, 0.1) is 11.7 Å². The fourth-order valence-corrected chi connectivity index (χ4v) is 6.10. The fourth-order valence-electron chi connectivity index (χ4n) is 4.98. The molecule has 0 saturated heterocycles. The number of hydrogen-bond donors (Lipinski definition) is 2. The molecule has 4 rings (SSSR count). The number of benzene rings is 3. The van der Waals surface area contributed by atoms with Gasteiger partial charge in [0.25, 0.3) is 0 Å². The first-order chi connectivity index (χ1) is 25.0. The van der Waals surface area contributed by atoms with Gasteiger partial charge in [-0.1, -0.05) is 26.8 Å². The average molecular weight is 764 g/mol. The zero-order chi connectivity index (χ0) is 39.1. The number of hydroxylamine groups is 1. The highest BCUT2D eigenvalue weighted by Crippen LogP contribution is 2.32. The van der Waals surface area contributed by atoms with Crippen molar-refractivity contribution in [3.63, 3.8) is 0 Å². The summed E-state index contributed by atoms with van der Waals surface area (Å²) in [4.78, 5) is 46.8. The Labute approximate surface area is 302 Å². The first-order valence-corrected chi connectivity index (χ1v) is 17.8. The first kappa shape index (κ1) is 40.3. The molecule has 1 aromatic heterocycles. The summed E-state index contributed by atoms with van der Waals surface area (Å²) in [5, 5.41) is 4.92. The van der Waals surface area contributed by atoms with Crippen molar-refractivity contribution in [3.05, 3.63) is 90.0 Å². The third-order valence-corrected chi connectivity index (χ3v) is 9.41. The minimum absolute atomic E-state index is 0.0693. The molecule has 0 saturated carbocycles. The second-order valence-electron chi connectivity index (χ2n) is 11.9. The first-order valence-electron chi connectivity index (χ1n) is 16.2. The fraction of sp³-hybridized carbons (Fsp3) is 0.314. The van der Waals surface area contributed by atoms with Gasteiger partial charge in [0, 0.05) is 29.9 Å². The number of nitrogens with one attached hydrogen (secondary N) is 1. The third-order valence-electron chi connectivity index (χ3n) is 7.58. The van der Waals surface area contributed by atoms with Crippen LogP contribution in [-0.4, -0.2) is 56.5 Å². The van der Waals surface area contributed by atoms with Gasteiger partial charge in [0.2, 0.25) is 5.91 Å². The van der Waals surface area contributed by atoms with E-state index in [1.165, 1.54) is 19.1 Å². The Balaban J connectivity index is 1.78. The van der Waals surface area contributed by atoms with E-state index in [9.17, 15) is 36.0 Å². The Bertz CT molecular complexity index is 2080. The number of hydrazine groups is 1. The number of amides is 2. The summed E-state index contributed by atoms with van der Waals surface area (Å²) < 4.78 is 91.9. The van der Waals surface area contributed by atoms with Crippen molar-refractivity contribution in [2.45, 2.75) is 51.4 Å². The molecule has 0 radical (unpaired) electrons. The number of ether oxygens (including phenoxy) is 2. The molecule has 3 N–H and O–H groups in total. The van der Waals surface area contributed by atoms with Crippen LogP contribution in [-0.2, 0) is 35.5 Å². The standard InChI is InChI=1S/C35H37F4N5O8S/c1-5-50-27-10-11-29(36)28(17-27)31(43(40)25-8-7-23-18-41-14-13-22(23)15-25)32(45)42-19-24-16-26(9-12-30(24)53(48,49)6-2)44(34(47)51-20-21(3)4)52-33(46)35(37,38)39/h7-18,21,31H,5-6,19-20,40H2,1-4H3,(H,42,45). The molecule has 284 valence electrons. The molecule has 0 aliphatic carbocycles. The molecule has 0 fully saturated rings. The van der Waals surface area contributed by atoms with Crippen molar-refractivity contribution in [2.24, 2.45) is 11.8 Å². The Morgan fingerprint density at radius 2 is 1.68 bits per heavy atom. The van der Waals surface area contributed by atoms with E-state index in [1.807, 2.05) is 0 Å². The SMILES string of the molecule is CCOc1ccc(F)c(C(C(=O)NCc2cc(N(OC(=O)C(F)(F)F)C(=O)OCC(C)C)ccc2S(=O)(=O)CC)N(N)c2ccc3cnccc3c2)c1. The third kappa shape index (κ3) is 9.89. The number of halogens is 4. The summed E-state index contributed by atoms with van der Waals surface area (Å²) in [7, 11) is -4.07. The Morgan fingerprint density at radius 3 is 2.34 bits per heavy atom. The molecule has 4 aromatic rings. The number of aromatic nitrogens is 1. The predicted molar refractivity (Wildman–Crippen MR) is 186 cm³/mol. The van der Waals surface area contributed by atoms with E-state index in [1.54, 1.807) is 57.4 Å².